The van der Waals surface area contributed by atoms with E-state index in [1.54, 1.807) is 0 Å². The Morgan fingerprint density at radius 1 is 1.07 bits per heavy atom. The third kappa shape index (κ3) is 4.34. The molecule has 154 valence electrons. The molecule has 0 radical (unpaired) electrons. The molecule has 4 rings (SSSR count). The van der Waals surface area contributed by atoms with E-state index in [9.17, 15) is 20.1 Å². The highest BCUT2D eigenvalue weighted by Gasteiger charge is 2.40. The lowest BCUT2D eigenvalue weighted by Gasteiger charge is -2.39. The molecule has 0 aliphatic carbocycles. The van der Waals surface area contributed by atoms with Crippen molar-refractivity contribution in [2.75, 3.05) is 0 Å². The van der Waals surface area contributed by atoms with E-state index in [-0.39, 0.29) is 11.9 Å². The van der Waals surface area contributed by atoms with Crippen molar-refractivity contribution in [2.45, 2.75) is 57.1 Å². The third-order valence-corrected chi connectivity index (χ3v) is 5.82. The fraction of sp³-hybridized carbons (Fsp3) is 0.409. The summed E-state index contributed by atoms with van der Waals surface area (Å²) < 4.78 is 0. The number of hydrogen-bond donors (Lipinski definition) is 5. The first-order valence-corrected chi connectivity index (χ1v) is 10.00. The van der Waals surface area contributed by atoms with Crippen LogP contribution in [0.4, 0.5) is 0 Å². The van der Waals surface area contributed by atoms with E-state index in [0.29, 0.717) is 32.4 Å². The molecule has 4 atom stereocenters. The number of amides is 1. The first-order chi connectivity index (χ1) is 14.0. The van der Waals surface area contributed by atoms with Gasteiger partial charge in [0, 0.05) is 18.7 Å². The average Bonchev–Trinajstić information content (AvgIpc) is 3.04. The first-order valence-electron chi connectivity index (χ1n) is 10.00. The Kier molecular flexibility index (Phi) is 5.94. The van der Waals surface area contributed by atoms with Gasteiger partial charge in [-0.1, -0.05) is 48.5 Å². The molecule has 29 heavy (non-hydrogen) atoms. The van der Waals surface area contributed by atoms with Crippen LogP contribution in [0, 0.1) is 0 Å². The zero-order valence-electron chi connectivity index (χ0n) is 16.2. The Labute approximate surface area is 170 Å². The lowest BCUT2D eigenvalue weighted by Crippen LogP contribution is -2.56. The minimum absolute atomic E-state index is 0.0508. The molecule has 0 spiro atoms. The molecule has 2 aliphatic rings. The molecule has 0 bridgehead atoms. The molecule has 7 nitrogen and oxygen atoms in total. The van der Waals surface area contributed by atoms with Crippen LogP contribution in [0.1, 0.15) is 41.3 Å². The Bertz CT molecular complexity index is 860. The molecule has 2 aromatic carbocycles. The van der Waals surface area contributed by atoms with Gasteiger partial charge in [0.25, 0.3) is 0 Å². The van der Waals surface area contributed by atoms with E-state index in [4.69, 9.17) is 0 Å². The van der Waals surface area contributed by atoms with Gasteiger partial charge in [0.05, 0.1) is 12.5 Å². The van der Waals surface area contributed by atoms with Gasteiger partial charge in [-0.15, -0.1) is 0 Å². The molecular weight excluding hydrogens is 370 g/mol. The van der Waals surface area contributed by atoms with E-state index < -0.39 is 18.7 Å². The van der Waals surface area contributed by atoms with Crippen LogP contribution in [0.2, 0.25) is 0 Å². The summed E-state index contributed by atoms with van der Waals surface area (Å²) in [7, 11) is 0. The molecule has 1 amide bonds. The molecule has 1 saturated heterocycles. The second-order valence-electron chi connectivity index (χ2n) is 7.74. The maximum atomic E-state index is 12.3. The quantitative estimate of drug-likeness (QED) is 0.510. The SMILES string of the molecule is O=C(Cc1ccccc1)NCc1cccc2c1CN(C1CCC(O)NC1O)C2O. The van der Waals surface area contributed by atoms with Gasteiger partial charge in [-0.05, 0) is 29.5 Å². The number of nitrogens with one attached hydrogen (secondary N) is 2. The number of piperidine rings is 1. The van der Waals surface area contributed by atoms with Crippen LogP contribution < -0.4 is 10.6 Å². The molecule has 2 heterocycles. The minimum atomic E-state index is -0.906. The Morgan fingerprint density at radius 3 is 2.62 bits per heavy atom. The van der Waals surface area contributed by atoms with Crippen LogP contribution in [-0.4, -0.2) is 44.6 Å². The van der Waals surface area contributed by atoms with E-state index in [1.807, 2.05) is 53.4 Å². The fourth-order valence-corrected chi connectivity index (χ4v) is 4.26. The number of rotatable bonds is 5. The van der Waals surface area contributed by atoms with Crippen LogP contribution in [-0.2, 0) is 24.3 Å². The van der Waals surface area contributed by atoms with Crippen molar-refractivity contribution in [3.05, 3.63) is 70.8 Å². The van der Waals surface area contributed by atoms with Crippen molar-refractivity contribution in [2.24, 2.45) is 0 Å². The van der Waals surface area contributed by atoms with Crippen molar-refractivity contribution in [3.8, 4) is 0 Å². The molecule has 0 saturated carbocycles. The summed E-state index contributed by atoms with van der Waals surface area (Å²) in [4.78, 5) is 14.2. The molecule has 2 aromatic rings. The normalized spacial score (nSPS) is 26.9. The van der Waals surface area contributed by atoms with Gasteiger partial charge in [0.1, 0.15) is 18.7 Å². The number of aliphatic hydroxyl groups is 3. The molecule has 4 unspecified atom stereocenters. The zero-order valence-corrected chi connectivity index (χ0v) is 16.2. The summed E-state index contributed by atoms with van der Waals surface area (Å²) >= 11 is 0. The summed E-state index contributed by atoms with van der Waals surface area (Å²) in [5.74, 6) is -0.0508. The summed E-state index contributed by atoms with van der Waals surface area (Å²) in [6.07, 6.45) is -1.02. The predicted molar refractivity (Wildman–Crippen MR) is 107 cm³/mol. The number of benzene rings is 2. The van der Waals surface area contributed by atoms with Crippen LogP contribution >= 0.6 is 0 Å². The highest BCUT2D eigenvalue weighted by atomic mass is 16.3. The van der Waals surface area contributed by atoms with Gasteiger partial charge in [-0.2, -0.15) is 0 Å². The standard InChI is InChI=1S/C22H27N3O4/c26-19-10-9-18(21(28)24-19)25-13-17-15(7-4-8-16(17)22(25)29)12-23-20(27)11-14-5-2-1-3-6-14/h1-8,18-19,21-22,24,26,28-29H,9-13H2,(H,23,27). The second-order valence-corrected chi connectivity index (χ2v) is 7.74. The first kappa shape index (κ1) is 20.0. The highest BCUT2D eigenvalue weighted by molar-refractivity contribution is 5.78. The molecule has 5 N–H and O–H groups in total. The van der Waals surface area contributed by atoms with Crippen molar-refractivity contribution < 1.29 is 20.1 Å². The fourth-order valence-electron chi connectivity index (χ4n) is 4.26. The lowest BCUT2D eigenvalue weighted by atomic mass is 10.0. The number of carbonyl (C=O) groups excluding carboxylic acids is 1. The number of hydrogen-bond acceptors (Lipinski definition) is 6. The highest BCUT2D eigenvalue weighted by Crippen LogP contribution is 2.37. The monoisotopic (exact) mass is 397 g/mol. The number of nitrogens with zero attached hydrogens (tertiary/aromatic N) is 1. The van der Waals surface area contributed by atoms with Crippen molar-refractivity contribution in [3.63, 3.8) is 0 Å². The van der Waals surface area contributed by atoms with Crippen LogP contribution in [0.5, 0.6) is 0 Å². The number of carbonyl (C=O) groups is 1. The van der Waals surface area contributed by atoms with E-state index in [0.717, 1.165) is 22.3 Å². The lowest BCUT2D eigenvalue weighted by molar-refractivity contribution is -0.120. The van der Waals surface area contributed by atoms with Gasteiger partial charge in [0.15, 0.2) is 0 Å². The molecule has 1 fully saturated rings. The van der Waals surface area contributed by atoms with Gasteiger partial charge in [0.2, 0.25) is 5.91 Å². The zero-order chi connectivity index (χ0) is 20.4. The van der Waals surface area contributed by atoms with Gasteiger partial charge in [-0.3, -0.25) is 15.0 Å². The van der Waals surface area contributed by atoms with Crippen LogP contribution in [0.15, 0.2) is 48.5 Å². The second kappa shape index (κ2) is 8.61. The summed E-state index contributed by atoms with van der Waals surface area (Å²) in [6, 6.07) is 15.0. The van der Waals surface area contributed by atoms with Crippen LogP contribution in [0.25, 0.3) is 0 Å². The van der Waals surface area contributed by atoms with Crippen molar-refractivity contribution in [1.82, 2.24) is 15.5 Å². The maximum Gasteiger partial charge on any atom is 0.224 e. The van der Waals surface area contributed by atoms with Gasteiger partial charge < -0.3 is 20.6 Å². The Hall–Kier alpha value is -2.29. The van der Waals surface area contributed by atoms with E-state index in [1.165, 1.54) is 0 Å². The number of fused-ring (bicyclic) bond motifs is 1. The Balaban J connectivity index is 1.43. The van der Waals surface area contributed by atoms with E-state index >= 15 is 0 Å². The minimum Gasteiger partial charge on any atom is -0.379 e. The summed E-state index contributed by atoms with van der Waals surface area (Å²) in [6.45, 7) is 0.875. The number of aliphatic hydroxyl groups excluding tert-OH is 3. The average molecular weight is 397 g/mol. The largest absolute Gasteiger partial charge is 0.379 e. The van der Waals surface area contributed by atoms with E-state index in [2.05, 4.69) is 10.6 Å². The van der Waals surface area contributed by atoms with Crippen molar-refractivity contribution in [1.29, 1.82) is 0 Å². The van der Waals surface area contributed by atoms with Gasteiger partial charge >= 0.3 is 0 Å². The van der Waals surface area contributed by atoms with Crippen molar-refractivity contribution >= 4 is 5.91 Å². The topological polar surface area (TPSA) is 105 Å². The maximum absolute atomic E-state index is 12.3. The molecular formula is C22H27N3O4. The summed E-state index contributed by atoms with van der Waals surface area (Å²) in [5.41, 5.74) is 3.71. The summed E-state index contributed by atoms with van der Waals surface area (Å²) in [5, 5.41) is 36.5. The third-order valence-electron chi connectivity index (χ3n) is 5.82. The van der Waals surface area contributed by atoms with Crippen LogP contribution in [0.3, 0.4) is 0 Å². The predicted octanol–water partition coefficient (Wildman–Crippen LogP) is 0.741. The molecule has 0 aromatic heterocycles. The Morgan fingerprint density at radius 2 is 1.86 bits per heavy atom. The molecule has 7 heteroatoms. The van der Waals surface area contributed by atoms with Gasteiger partial charge in [-0.25, -0.2) is 0 Å². The smallest absolute Gasteiger partial charge is 0.224 e. The molecule has 2 aliphatic heterocycles.